The summed E-state index contributed by atoms with van der Waals surface area (Å²) in [5.74, 6) is -1.26. The fourth-order valence-corrected chi connectivity index (χ4v) is 1.23. The van der Waals surface area contributed by atoms with Gasteiger partial charge in [0.05, 0.1) is 17.8 Å². The van der Waals surface area contributed by atoms with Gasteiger partial charge in [-0.05, 0) is 12.5 Å². The van der Waals surface area contributed by atoms with E-state index in [0.717, 1.165) is 12.3 Å². The molecule has 0 aliphatic heterocycles. The van der Waals surface area contributed by atoms with Crippen molar-refractivity contribution in [2.45, 2.75) is 19.4 Å². The van der Waals surface area contributed by atoms with E-state index in [4.69, 9.17) is 16.9 Å². The maximum Gasteiger partial charge on any atom is 0.255 e. The Labute approximate surface area is 97.0 Å². The van der Waals surface area contributed by atoms with Gasteiger partial charge in [0.25, 0.3) is 5.91 Å². The Morgan fingerprint density at radius 3 is 3.06 bits per heavy atom. The van der Waals surface area contributed by atoms with Crippen LogP contribution in [-0.4, -0.2) is 16.9 Å². The van der Waals surface area contributed by atoms with Gasteiger partial charge in [-0.25, -0.2) is 9.37 Å². The molecule has 1 rings (SSSR count). The number of carbonyl (C=O) groups excluding carboxylic acids is 1. The summed E-state index contributed by atoms with van der Waals surface area (Å²) in [7, 11) is 0. The Hall–Kier alpha value is -1.67. The van der Waals surface area contributed by atoms with Crippen LogP contribution in [0.2, 0.25) is 5.15 Å². The van der Waals surface area contributed by atoms with E-state index in [1.165, 1.54) is 0 Å². The van der Waals surface area contributed by atoms with Crippen LogP contribution in [0.1, 0.15) is 23.7 Å². The van der Waals surface area contributed by atoms with Gasteiger partial charge < -0.3 is 5.32 Å². The molecule has 1 N–H and O–H groups in total. The third-order valence-electron chi connectivity index (χ3n) is 1.92. The van der Waals surface area contributed by atoms with E-state index in [-0.39, 0.29) is 10.7 Å². The van der Waals surface area contributed by atoms with Crippen molar-refractivity contribution < 1.29 is 9.18 Å². The lowest BCUT2D eigenvalue weighted by molar-refractivity contribution is 0.0944. The molecule has 6 heteroatoms. The van der Waals surface area contributed by atoms with Gasteiger partial charge in [0, 0.05) is 0 Å². The van der Waals surface area contributed by atoms with Crippen LogP contribution in [0.3, 0.4) is 0 Å². The summed E-state index contributed by atoms with van der Waals surface area (Å²) in [6.45, 7) is 1.75. The lowest BCUT2D eigenvalue weighted by atomic mass is 10.2. The fraction of sp³-hybridized carbons (Fsp3) is 0.300. The minimum absolute atomic E-state index is 0.0737. The first-order valence-electron chi connectivity index (χ1n) is 4.60. The lowest BCUT2D eigenvalue weighted by Gasteiger charge is -2.09. The van der Waals surface area contributed by atoms with Crippen molar-refractivity contribution in [1.82, 2.24) is 10.3 Å². The van der Waals surface area contributed by atoms with Gasteiger partial charge in [-0.2, -0.15) is 5.26 Å². The maximum absolute atomic E-state index is 12.8. The van der Waals surface area contributed by atoms with Gasteiger partial charge in [0.15, 0.2) is 0 Å². The molecule has 0 spiro atoms. The second-order valence-corrected chi connectivity index (χ2v) is 3.41. The van der Waals surface area contributed by atoms with Crippen LogP contribution in [0.25, 0.3) is 0 Å². The second kappa shape index (κ2) is 5.42. The zero-order valence-electron chi connectivity index (χ0n) is 8.50. The molecule has 1 atom stereocenters. The lowest BCUT2D eigenvalue weighted by Crippen LogP contribution is -2.33. The van der Waals surface area contributed by atoms with Crippen molar-refractivity contribution in [1.29, 1.82) is 5.26 Å². The Morgan fingerprint density at radius 2 is 2.50 bits per heavy atom. The predicted molar refractivity (Wildman–Crippen MR) is 56.4 cm³/mol. The first-order chi connectivity index (χ1) is 7.58. The van der Waals surface area contributed by atoms with Crippen LogP contribution in [0, 0.1) is 17.1 Å². The SMILES string of the molecule is CCC(C#N)NC(=O)c1cc(F)cnc1Cl. The minimum Gasteiger partial charge on any atom is -0.336 e. The molecular weight excluding hydrogens is 233 g/mol. The number of rotatable bonds is 3. The van der Waals surface area contributed by atoms with Gasteiger partial charge >= 0.3 is 0 Å². The molecule has 1 amide bonds. The minimum atomic E-state index is -0.653. The van der Waals surface area contributed by atoms with Gasteiger partial charge in [0.1, 0.15) is 17.0 Å². The van der Waals surface area contributed by atoms with Crippen LogP contribution >= 0.6 is 11.6 Å². The zero-order valence-corrected chi connectivity index (χ0v) is 9.25. The van der Waals surface area contributed by atoms with Crippen molar-refractivity contribution in [3.05, 3.63) is 28.8 Å². The summed E-state index contributed by atoms with van der Waals surface area (Å²) in [4.78, 5) is 15.1. The molecular formula is C10H9ClFN3O. The molecule has 4 nitrogen and oxygen atoms in total. The summed E-state index contributed by atoms with van der Waals surface area (Å²) in [5.41, 5.74) is -0.0737. The summed E-state index contributed by atoms with van der Waals surface area (Å²) >= 11 is 5.64. The van der Waals surface area contributed by atoms with Crippen molar-refractivity contribution in [2.75, 3.05) is 0 Å². The Balaban J connectivity index is 2.89. The van der Waals surface area contributed by atoms with E-state index in [2.05, 4.69) is 10.3 Å². The van der Waals surface area contributed by atoms with Crippen LogP contribution < -0.4 is 5.32 Å². The normalized spacial score (nSPS) is 11.6. The average molecular weight is 242 g/mol. The number of hydrogen-bond acceptors (Lipinski definition) is 3. The fourth-order valence-electron chi connectivity index (χ4n) is 1.04. The molecule has 0 bridgehead atoms. The van der Waals surface area contributed by atoms with Crippen LogP contribution in [0.5, 0.6) is 0 Å². The number of amides is 1. The monoisotopic (exact) mass is 241 g/mol. The highest BCUT2D eigenvalue weighted by atomic mass is 35.5. The number of nitriles is 1. The smallest absolute Gasteiger partial charge is 0.255 e. The molecule has 1 unspecified atom stereocenters. The number of pyridine rings is 1. The van der Waals surface area contributed by atoms with Crippen LogP contribution in [0.15, 0.2) is 12.3 Å². The molecule has 1 heterocycles. The maximum atomic E-state index is 12.8. The Morgan fingerprint density at radius 1 is 1.81 bits per heavy atom. The van der Waals surface area contributed by atoms with Gasteiger partial charge in [-0.1, -0.05) is 18.5 Å². The molecule has 0 aliphatic carbocycles. The van der Waals surface area contributed by atoms with Crippen molar-refractivity contribution in [2.24, 2.45) is 0 Å². The number of halogens is 2. The molecule has 1 aromatic heterocycles. The van der Waals surface area contributed by atoms with Crippen molar-refractivity contribution in [3.63, 3.8) is 0 Å². The van der Waals surface area contributed by atoms with E-state index in [0.29, 0.717) is 6.42 Å². The largest absolute Gasteiger partial charge is 0.336 e. The first kappa shape index (κ1) is 12.4. The average Bonchev–Trinajstić information content (AvgIpc) is 2.28. The summed E-state index contributed by atoms with van der Waals surface area (Å²) in [6, 6.07) is 2.26. The molecule has 16 heavy (non-hydrogen) atoms. The van der Waals surface area contributed by atoms with Crippen molar-refractivity contribution >= 4 is 17.5 Å². The standard InChI is InChI=1S/C10H9ClFN3O/c1-2-7(4-13)15-10(16)8-3-6(12)5-14-9(8)11/h3,5,7H,2H2,1H3,(H,15,16). The van der Waals surface area contributed by atoms with E-state index in [9.17, 15) is 9.18 Å². The molecule has 0 fully saturated rings. The number of nitrogens with zero attached hydrogens (tertiary/aromatic N) is 2. The highest BCUT2D eigenvalue weighted by molar-refractivity contribution is 6.32. The van der Waals surface area contributed by atoms with Gasteiger partial charge in [-0.15, -0.1) is 0 Å². The summed E-state index contributed by atoms with van der Waals surface area (Å²) < 4.78 is 12.8. The zero-order chi connectivity index (χ0) is 12.1. The summed E-state index contributed by atoms with van der Waals surface area (Å²) in [5, 5.41) is 11.0. The highest BCUT2D eigenvalue weighted by Crippen LogP contribution is 2.13. The topological polar surface area (TPSA) is 65.8 Å². The number of nitrogens with one attached hydrogen (secondary N) is 1. The third kappa shape index (κ3) is 2.91. The molecule has 0 aliphatic rings. The van der Waals surface area contributed by atoms with E-state index >= 15 is 0 Å². The number of hydrogen-bond donors (Lipinski definition) is 1. The number of carbonyl (C=O) groups is 1. The van der Waals surface area contributed by atoms with E-state index in [1.54, 1.807) is 6.92 Å². The molecule has 0 radical (unpaired) electrons. The van der Waals surface area contributed by atoms with Crippen molar-refractivity contribution in [3.8, 4) is 6.07 Å². The first-order valence-corrected chi connectivity index (χ1v) is 4.97. The quantitative estimate of drug-likeness (QED) is 0.822. The van der Waals surface area contributed by atoms with Crippen LogP contribution in [0.4, 0.5) is 4.39 Å². The Bertz CT molecular complexity index is 444. The Kier molecular flexibility index (Phi) is 4.20. The molecule has 0 saturated heterocycles. The predicted octanol–water partition coefficient (Wildman–Crippen LogP) is 1.91. The van der Waals surface area contributed by atoms with Crippen LogP contribution in [-0.2, 0) is 0 Å². The highest BCUT2D eigenvalue weighted by Gasteiger charge is 2.15. The molecule has 1 aromatic rings. The molecule has 0 aromatic carbocycles. The third-order valence-corrected chi connectivity index (χ3v) is 2.22. The molecule has 0 saturated carbocycles. The second-order valence-electron chi connectivity index (χ2n) is 3.06. The molecule has 84 valence electrons. The van der Waals surface area contributed by atoms with E-state index < -0.39 is 17.8 Å². The van der Waals surface area contributed by atoms with Gasteiger partial charge in [-0.3, -0.25) is 4.79 Å². The number of aromatic nitrogens is 1. The van der Waals surface area contributed by atoms with Gasteiger partial charge in [0.2, 0.25) is 0 Å². The summed E-state index contributed by atoms with van der Waals surface area (Å²) in [6.07, 6.45) is 1.38. The van der Waals surface area contributed by atoms with E-state index in [1.807, 2.05) is 6.07 Å².